The second-order valence-corrected chi connectivity index (χ2v) is 3.11. The Balaban J connectivity index is 3.16. The smallest absolute Gasteiger partial charge is 0.339 e. The van der Waals surface area contributed by atoms with Gasteiger partial charge in [-0.1, -0.05) is 11.6 Å². The SMILES string of the molecule is COC(=O)C(O)c1ccc(O)c(Cl)c1F. The number of carbonyl (C=O) groups excluding carboxylic acids is 1. The van der Waals surface area contributed by atoms with Gasteiger partial charge >= 0.3 is 5.97 Å². The zero-order valence-corrected chi connectivity index (χ0v) is 8.45. The van der Waals surface area contributed by atoms with Gasteiger partial charge in [-0.05, 0) is 12.1 Å². The van der Waals surface area contributed by atoms with Crippen molar-refractivity contribution in [3.8, 4) is 5.75 Å². The van der Waals surface area contributed by atoms with Crippen LogP contribution in [0.25, 0.3) is 0 Å². The lowest BCUT2D eigenvalue weighted by atomic mass is 10.1. The molecule has 82 valence electrons. The minimum atomic E-state index is -1.76. The molecule has 0 aliphatic carbocycles. The van der Waals surface area contributed by atoms with Crippen LogP contribution in [-0.2, 0) is 9.53 Å². The van der Waals surface area contributed by atoms with Crippen molar-refractivity contribution in [1.29, 1.82) is 0 Å². The van der Waals surface area contributed by atoms with E-state index in [0.29, 0.717) is 0 Å². The van der Waals surface area contributed by atoms with Crippen molar-refractivity contribution < 1.29 is 24.1 Å². The first-order valence-electron chi connectivity index (χ1n) is 3.91. The van der Waals surface area contributed by atoms with Crippen LogP contribution in [0.2, 0.25) is 5.02 Å². The van der Waals surface area contributed by atoms with Gasteiger partial charge in [-0.2, -0.15) is 0 Å². The van der Waals surface area contributed by atoms with E-state index in [0.717, 1.165) is 19.2 Å². The largest absolute Gasteiger partial charge is 0.506 e. The van der Waals surface area contributed by atoms with E-state index in [-0.39, 0.29) is 5.56 Å². The van der Waals surface area contributed by atoms with Crippen LogP contribution in [0.1, 0.15) is 11.7 Å². The number of aliphatic hydroxyl groups is 1. The first-order valence-corrected chi connectivity index (χ1v) is 4.29. The third-order valence-corrected chi connectivity index (χ3v) is 2.17. The predicted molar refractivity (Wildman–Crippen MR) is 50.1 cm³/mol. The molecule has 0 aliphatic rings. The lowest BCUT2D eigenvalue weighted by Crippen LogP contribution is -2.15. The third-order valence-electron chi connectivity index (χ3n) is 1.81. The predicted octanol–water partition coefficient (Wildman–Crippen LogP) is 1.39. The Morgan fingerprint density at radius 2 is 2.20 bits per heavy atom. The third kappa shape index (κ3) is 2.19. The fraction of sp³-hybridized carbons (Fsp3) is 0.222. The number of aliphatic hydroxyl groups excluding tert-OH is 1. The van der Waals surface area contributed by atoms with E-state index in [1.54, 1.807) is 0 Å². The van der Waals surface area contributed by atoms with E-state index in [9.17, 15) is 14.3 Å². The molecular formula is C9H8ClFO4. The highest BCUT2D eigenvalue weighted by Crippen LogP contribution is 2.31. The number of methoxy groups -OCH3 is 1. The number of esters is 1. The Kier molecular flexibility index (Phi) is 3.49. The second kappa shape index (κ2) is 4.46. The van der Waals surface area contributed by atoms with Crippen molar-refractivity contribution in [3.63, 3.8) is 0 Å². The highest BCUT2D eigenvalue weighted by molar-refractivity contribution is 6.32. The molecule has 0 fully saturated rings. The van der Waals surface area contributed by atoms with Crippen molar-refractivity contribution in [2.24, 2.45) is 0 Å². The fourth-order valence-corrected chi connectivity index (χ4v) is 1.18. The average molecular weight is 235 g/mol. The maximum Gasteiger partial charge on any atom is 0.339 e. The molecule has 0 aliphatic heterocycles. The molecule has 0 amide bonds. The van der Waals surface area contributed by atoms with Gasteiger partial charge in [0.05, 0.1) is 7.11 Å². The number of ether oxygens (including phenoxy) is 1. The quantitative estimate of drug-likeness (QED) is 0.759. The number of halogens is 2. The molecule has 1 rings (SSSR count). The minimum absolute atomic E-state index is 0.343. The fourth-order valence-electron chi connectivity index (χ4n) is 1.00. The minimum Gasteiger partial charge on any atom is -0.506 e. The highest BCUT2D eigenvalue weighted by Gasteiger charge is 2.24. The normalized spacial score (nSPS) is 12.3. The summed E-state index contributed by atoms with van der Waals surface area (Å²) in [7, 11) is 1.06. The monoisotopic (exact) mass is 234 g/mol. The number of phenols is 1. The van der Waals surface area contributed by atoms with Crippen LogP contribution in [-0.4, -0.2) is 23.3 Å². The number of aromatic hydroxyl groups is 1. The van der Waals surface area contributed by atoms with Crippen LogP contribution < -0.4 is 0 Å². The number of hydrogen-bond donors (Lipinski definition) is 2. The summed E-state index contributed by atoms with van der Waals surface area (Å²) in [5.41, 5.74) is -0.343. The van der Waals surface area contributed by atoms with Gasteiger partial charge in [0.2, 0.25) is 0 Å². The molecule has 0 aromatic heterocycles. The summed E-state index contributed by atoms with van der Waals surface area (Å²) in [6.07, 6.45) is -1.76. The van der Waals surface area contributed by atoms with Gasteiger partial charge in [0.15, 0.2) is 11.9 Å². The molecule has 1 atom stereocenters. The van der Waals surface area contributed by atoms with E-state index >= 15 is 0 Å². The van der Waals surface area contributed by atoms with Crippen LogP contribution in [0.15, 0.2) is 12.1 Å². The standard InChI is InChI=1S/C9H8ClFO4/c1-15-9(14)8(13)4-2-3-5(12)6(10)7(4)11/h2-3,8,12-13H,1H3. The number of rotatable bonds is 2. The lowest BCUT2D eigenvalue weighted by molar-refractivity contribution is -0.150. The van der Waals surface area contributed by atoms with Gasteiger partial charge in [0.25, 0.3) is 0 Å². The molecule has 2 N–H and O–H groups in total. The average Bonchev–Trinajstić information content (AvgIpc) is 2.24. The van der Waals surface area contributed by atoms with Crippen LogP contribution >= 0.6 is 11.6 Å². The summed E-state index contributed by atoms with van der Waals surface area (Å²) in [6, 6.07) is 2.13. The first-order chi connectivity index (χ1) is 6.99. The first kappa shape index (κ1) is 11.7. The number of benzene rings is 1. The molecule has 0 radical (unpaired) electrons. The van der Waals surface area contributed by atoms with Crippen molar-refractivity contribution >= 4 is 17.6 Å². The Morgan fingerprint density at radius 3 is 2.73 bits per heavy atom. The molecule has 0 bridgehead atoms. The van der Waals surface area contributed by atoms with Crippen LogP contribution in [0.3, 0.4) is 0 Å². The Morgan fingerprint density at radius 1 is 1.60 bits per heavy atom. The second-order valence-electron chi connectivity index (χ2n) is 2.73. The molecule has 1 aromatic carbocycles. The van der Waals surface area contributed by atoms with Gasteiger partial charge in [0.1, 0.15) is 10.8 Å². The molecule has 0 saturated carbocycles. The zero-order chi connectivity index (χ0) is 11.6. The Labute approximate surface area is 89.9 Å². The van der Waals surface area contributed by atoms with E-state index in [2.05, 4.69) is 4.74 Å². The summed E-state index contributed by atoms with van der Waals surface area (Å²) in [4.78, 5) is 10.9. The molecule has 15 heavy (non-hydrogen) atoms. The molecule has 0 saturated heterocycles. The van der Waals surface area contributed by atoms with Crippen molar-refractivity contribution in [2.45, 2.75) is 6.10 Å². The van der Waals surface area contributed by atoms with Crippen LogP contribution in [0.4, 0.5) is 4.39 Å². The van der Waals surface area contributed by atoms with Gasteiger partial charge in [-0.15, -0.1) is 0 Å². The molecule has 1 unspecified atom stereocenters. The maximum atomic E-state index is 13.3. The van der Waals surface area contributed by atoms with Gasteiger partial charge in [0, 0.05) is 5.56 Å². The summed E-state index contributed by atoms with van der Waals surface area (Å²) < 4.78 is 17.6. The van der Waals surface area contributed by atoms with Gasteiger partial charge < -0.3 is 14.9 Å². The molecule has 0 spiro atoms. The summed E-state index contributed by atoms with van der Waals surface area (Å²) in [5, 5.41) is 17.8. The van der Waals surface area contributed by atoms with Crippen molar-refractivity contribution in [1.82, 2.24) is 0 Å². The molecule has 6 heteroatoms. The summed E-state index contributed by atoms with van der Waals surface area (Å²) >= 11 is 5.39. The summed E-state index contributed by atoms with van der Waals surface area (Å²) in [6.45, 7) is 0. The van der Waals surface area contributed by atoms with E-state index in [1.807, 2.05) is 0 Å². The van der Waals surface area contributed by atoms with Crippen LogP contribution in [0, 0.1) is 5.82 Å². The number of hydrogen-bond acceptors (Lipinski definition) is 4. The molecule has 1 aromatic rings. The van der Waals surface area contributed by atoms with Crippen LogP contribution in [0.5, 0.6) is 5.75 Å². The number of carbonyl (C=O) groups is 1. The highest BCUT2D eigenvalue weighted by atomic mass is 35.5. The van der Waals surface area contributed by atoms with Crippen molar-refractivity contribution in [3.05, 3.63) is 28.5 Å². The lowest BCUT2D eigenvalue weighted by Gasteiger charge is -2.10. The zero-order valence-electron chi connectivity index (χ0n) is 7.70. The number of phenolic OH excluding ortho intramolecular Hbond substituents is 1. The Hall–Kier alpha value is -1.33. The van der Waals surface area contributed by atoms with Gasteiger partial charge in [-0.25, -0.2) is 9.18 Å². The maximum absolute atomic E-state index is 13.3. The molecule has 0 heterocycles. The van der Waals surface area contributed by atoms with E-state index < -0.39 is 28.7 Å². The van der Waals surface area contributed by atoms with Crippen molar-refractivity contribution in [2.75, 3.05) is 7.11 Å². The van der Waals surface area contributed by atoms with Gasteiger partial charge in [-0.3, -0.25) is 0 Å². The summed E-state index contributed by atoms with van der Waals surface area (Å²) in [5.74, 6) is -2.51. The molecular weight excluding hydrogens is 227 g/mol. The molecule has 4 nitrogen and oxygen atoms in total. The van der Waals surface area contributed by atoms with E-state index in [1.165, 1.54) is 0 Å². The Bertz CT molecular complexity index is 394. The van der Waals surface area contributed by atoms with E-state index in [4.69, 9.17) is 16.7 Å². The topological polar surface area (TPSA) is 66.8 Å².